The SMILES string of the molecule is CC(=O)C(CCC(F)(F)F)C(C)=O. The highest BCUT2D eigenvalue weighted by Gasteiger charge is 2.30. The predicted molar refractivity (Wildman–Crippen MR) is 40.1 cm³/mol. The van der Waals surface area contributed by atoms with Gasteiger partial charge in [-0.1, -0.05) is 0 Å². The van der Waals surface area contributed by atoms with Gasteiger partial charge in [-0.15, -0.1) is 0 Å². The van der Waals surface area contributed by atoms with Crippen LogP contribution < -0.4 is 0 Å². The molecule has 76 valence electrons. The Balaban J connectivity index is 4.14. The van der Waals surface area contributed by atoms with Gasteiger partial charge < -0.3 is 0 Å². The highest BCUT2D eigenvalue weighted by Crippen LogP contribution is 2.24. The van der Waals surface area contributed by atoms with Crippen molar-refractivity contribution in [3.05, 3.63) is 0 Å². The molecule has 0 aromatic rings. The van der Waals surface area contributed by atoms with Gasteiger partial charge in [-0.05, 0) is 20.3 Å². The Bertz CT molecular complexity index is 194. The molecule has 0 atom stereocenters. The molecule has 0 aliphatic rings. The fourth-order valence-corrected chi connectivity index (χ4v) is 1.00. The van der Waals surface area contributed by atoms with Gasteiger partial charge in [0.25, 0.3) is 0 Å². The number of hydrogen-bond donors (Lipinski definition) is 0. The van der Waals surface area contributed by atoms with Crippen molar-refractivity contribution in [2.45, 2.75) is 32.9 Å². The second-order valence-electron chi connectivity index (χ2n) is 2.93. The van der Waals surface area contributed by atoms with E-state index in [1.807, 2.05) is 0 Å². The molecule has 0 aliphatic heterocycles. The van der Waals surface area contributed by atoms with E-state index in [0.29, 0.717) is 0 Å². The number of hydrogen-bond acceptors (Lipinski definition) is 2. The van der Waals surface area contributed by atoms with Crippen LogP contribution in [0, 0.1) is 5.92 Å². The van der Waals surface area contributed by atoms with Crippen molar-refractivity contribution in [1.29, 1.82) is 0 Å². The van der Waals surface area contributed by atoms with Gasteiger partial charge in [0, 0.05) is 6.42 Å². The number of carbonyl (C=O) groups is 2. The number of halogens is 3. The summed E-state index contributed by atoms with van der Waals surface area (Å²) in [4.78, 5) is 21.4. The molecule has 0 N–H and O–H groups in total. The van der Waals surface area contributed by atoms with E-state index in [0.717, 1.165) is 13.8 Å². The van der Waals surface area contributed by atoms with Gasteiger partial charge in [0.15, 0.2) is 0 Å². The second-order valence-corrected chi connectivity index (χ2v) is 2.93. The Hall–Kier alpha value is -0.870. The van der Waals surface area contributed by atoms with Crippen LogP contribution in [0.15, 0.2) is 0 Å². The summed E-state index contributed by atoms with van der Waals surface area (Å²) >= 11 is 0. The normalized spacial score (nSPS) is 11.8. The van der Waals surface area contributed by atoms with E-state index >= 15 is 0 Å². The quantitative estimate of drug-likeness (QED) is 0.645. The van der Waals surface area contributed by atoms with E-state index in [1.165, 1.54) is 0 Å². The molecule has 2 nitrogen and oxygen atoms in total. The van der Waals surface area contributed by atoms with E-state index in [9.17, 15) is 22.8 Å². The highest BCUT2D eigenvalue weighted by molar-refractivity contribution is 6.00. The van der Waals surface area contributed by atoms with Crippen LogP contribution in [-0.4, -0.2) is 17.7 Å². The van der Waals surface area contributed by atoms with Crippen LogP contribution in [0.4, 0.5) is 13.2 Å². The number of ketones is 2. The number of Topliss-reactive ketones (excluding diaryl/α,β-unsaturated/α-hetero) is 2. The summed E-state index contributed by atoms with van der Waals surface area (Å²) in [6.45, 7) is 2.25. The molecule has 0 aromatic heterocycles. The molecule has 0 fully saturated rings. The van der Waals surface area contributed by atoms with E-state index in [1.54, 1.807) is 0 Å². The Morgan fingerprint density at radius 2 is 1.54 bits per heavy atom. The lowest BCUT2D eigenvalue weighted by molar-refractivity contribution is -0.143. The maximum absolute atomic E-state index is 11.7. The summed E-state index contributed by atoms with van der Waals surface area (Å²) in [5.41, 5.74) is 0. The molecule has 0 unspecified atom stereocenters. The molecule has 0 rings (SSSR count). The minimum atomic E-state index is -4.30. The number of alkyl halides is 3. The topological polar surface area (TPSA) is 34.1 Å². The van der Waals surface area contributed by atoms with Crippen molar-refractivity contribution >= 4 is 11.6 Å². The van der Waals surface area contributed by atoms with Crippen LogP contribution in [0.3, 0.4) is 0 Å². The van der Waals surface area contributed by atoms with Gasteiger partial charge in [0.1, 0.15) is 11.6 Å². The summed E-state index contributed by atoms with van der Waals surface area (Å²) < 4.78 is 35.2. The molecule has 0 bridgehead atoms. The molecule has 5 heteroatoms. The Morgan fingerprint density at radius 1 is 1.15 bits per heavy atom. The average molecular weight is 196 g/mol. The summed E-state index contributed by atoms with van der Waals surface area (Å²) in [6.07, 6.45) is -5.83. The largest absolute Gasteiger partial charge is 0.389 e. The zero-order chi connectivity index (χ0) is 10.6. The Labute approximate surface area is 74.1 Å². The summed E-state index contributed by atoms with van der Waals surface area (Å²) in [7, 11) is 0. The van der Waals surface area contributed by atoms with Crippen molar-refractivity contribution in [3.8, 4) is 0 Å². The van der Waals surface area contributed by atoms with Crippen molar-refractivity contribution in [2.24, 2.45) is 5.92 Å². The highest BCUT2D eigenvalue weighted by atomic mass is 19.4. The van der Waals surface area contributed by atoms with Gasteiger partial charge in [0.2, 0.25) is 0 Å². The van der Waals surface area contributed by atoms with E-state index in [2.05, 4.69) is 0 Å². The molecular formula is C8H11F3O2. The van der Waals surface area contributed by atoms with Crippen LogP contribution in [0.1, 0.15) is 26.7 Å². The van der Waals surface area contributed by atoms with E-state index in [4.69, 9.17) is 0 Å². The van der Waals surface area contributed by atoms with Gasteiger partial charge in [-0.25, -0.2) is 0 Å². The fraction of sp³-hybridized carbons (Fsp3) is 0.750. The smallest absolute Gasteiger partial charge is 0.299 e. The van der Waals surface area contributed by atoms with Gasteiger partial charge in [-0.3, -0.25) is 9.59 Å². The predicted octanol–water partition coefficient (Wildman–Crippen LogP) is 2.12. The maximum Gasteiger partial charge on any atom is 0.389 e. The third-order valence-corrected chi connectivity index (χ3v) is 1.70. The first kappa shape index (κ1) is 12.1. The summed E-state index contributed by atoms with van der Waals surface area (Å²) in [6, 6.07) is 0. The maximum atomic E-state index is 11.7. The van der Waals surface area contributed by atoms with Crippen LogP contribution in [0.2, 0.25) is 0 Å². The van der Waals surface area contributed by atoms with Crippen LogP contribution in [0.5, 0.6) is 0 Å². The second kappa shape index (κ2) is 4.39. The molecule has 0 aromatic carbocycles. The minimum absolute atomic E-state index is 0.436. The third-order valence-electron chi connectivity index (χ3n) is 1.70. The van der Waals surface area contributed by atoms with Gasteiger partial charge >= 0.3 is 6.18 Å². The van der Waals surface area contributed by atoms with Crippen molar-refractivity contribution in [1.82, 2.24) is 0 Å². The molecule has 0 amide bonds. The van der Waals surface area contributed by atoms with Gasteiger partial charge in [0.05, 0.1) is 5.92 Å². The lowest BCUT2D eigenvalue weighted by Crippen LogP contribution is -2.22. The van der Waals surface area contributed by atoms with Gasteiger partial charge in [-0.2, -0.15) is 13.2 Å². The van der Waals surface area contributed by atoms with E-state index < -0.39 is 36.5 Å². The van der Waals surface area contributed by atoms with E-state index in [-0.39, 0.29) is 0 Å². The van der Waals surface area contributed by atoms with Crippen molar-refractivity contribution < 1.29 is 22.8 Å². The van der Waals surface area contributed by atoms with Crippen molar-refractivity contribution in [3.63, 3.8) is 0 Å². The molecule has 0 heterocycles. The molecule has 0 saturated heterocycles. The zero-order valence-electron chi connectivity index (χ0n) is 7.44. The summed E-state index contributed by atoms with van der Waals surface area (Å²) in [5.74, 6) is -2.10. The lowest BCUT2D eigenvalue weighted by Gasteiger charge is -2.11. The Morgan fingerprint density at radius 3 is 1.77 bits per heavy atom. The molecule has 0 saturated carbocycles. The zero-order valence-corrected chi connectivity index (χ0v) is 7.44. The minimum Gasteiger partial charge on any atom is -0.299 e. The van der Waals surface area contributed by atoms with Crippen LogP contribution in [0.25, 0.3) is 0 Å². The Kier molecular flexibility index (Phi) is 4.10. The first-order valence-corrected chi connectivity index (χ1v) is 3.81. The number of rotatable bonds is 4. The molecule has 13 heavy (non-hydrogen) atoms. The molecule has 0 spiro atoms. The third kappa shape index (κ3) is 5.38. The summed E-state index contributed by atoms with van der Waals surface area (Å²) in [5, 5.41) is 0. The number of carbonyl (C=O) groups excluding carboxylic acids is 2. The van der Waals surface area contributed by atoms with Crippen LogP contribution >= 0.6 is 0 Å². The standard InChI is InChI=1S/C8H11F3O2/c1-5(12)7(6(2)13)3-4-8(9,10)11/h7H,3-4H2,1-2H3. The average Bonchev–Trinajstić information content (AvgIpc) is 1.82. The first-order chi connectivity index (χ1) is 5.74. The fourth-order valence-electron chi connectivity index (χ4n) is 1.00. The van der Waals surface area contributed by atoms with Crippen LogP contribution in [-0.2, 0) is 9.59 Å². The molecule has 0 aliphatic carbocycles. The molecular weight excluding hydrogens is 185 g/mol. The van der Waals surface area contributed by atoms with Crippen molar-refractivity contribution in [2.75, 3.05) is 0 Å². The molecule has 0 radical (unpaired) electrons. The monoisotopic (exact) mass is 196 g/mol. The lowest BCUT2D eigenvalue weighted by atomic mass is 9.95. The first-order valence-electron chi connectivity index (χ1n) is 3.81.